The summed E-state index contributed by atoms with van der Waals surface area (Å²) in [7, 11) is 0. The van der Waals surface area contributed by atoms with Crippen molar-refractivity contribution in [3.05, 3.63) is 0 Å². The monoisotopic (exact) mass is 241 g/mol. The topological polar surface area (TPSA) is 32.5 Å². The van der Waals surface area contributed by atoms with E-state index < -0.39 is 0 Å². The maximum atomic E-state index is 5.95. The molecule has 0 aliphatic carbocycles. The molecule has 2 N–H and O–H groups in total. The Labute approximate surface area is 107 Å². The third-order valence-electron chi connectivity index (χ3n) is 4.27. The van der Waals surface area contributed by atoms with Gasteiger partial charge in [0, 0.05) is 44.3 Å². The molecule has 1 rings (SSSR count). The van der Waals surface area contributed by atoms with Crippen molar-refractivity contribution in [2.24, 2.45) is 11.7 Å². The lowest BCUT2D eigenvalue weighted by atomic mass is 9.96. The van der Waals surface area contributed by atoms with E-state index in [1.807, 2.05) is 0 Å². The minimum Gasteiger partial charge on any atom is -0.329 e. The minimum absolute atomic E-state index is 0.306. The van der Waals surface area contributed by atoms with Gasteiger partial charge in [0.2, 0.25) is 0 Å². The third-order valence-corrected chi connectivity index (χ3v) is 4.27. The molecule has 17 heavy (non-hydrogen) atoms. The third kappa shape index (κ3) is 3.94. The molecule has 0 aromatic heterocycles. The second kappa shape index (κ2) is 6.17. The number of piperazine rings is 1. The van der Waals surface area contributed by atoms with E-state index in [9.17, 15) is 0 Å². The molecule has 1 aliphatic heterocycles. The number of rotatable bonds is 4. The predicted molar refractivity (Wildman–Crippen MR) is 75.2 cm³/mol. The fourth-order valence-corrected chi connectivity index (χ4v) is 2.74. The van der Waals surface area contributed by atoms with Crippen LogP contribution in [0.15, 0.2) is 0 Å². The molecular formula is C14H31N3. The fraction of sp³-hybridized carbons (Fsp3) is 1.00. The van der Waals surface area contributed by atoms with Crippen molar-refractivity contribution in [1.82, 2.24) is 9.80 Å². The predicted octanol–water partition coefficient (Wildman–Crippen LogP) is 1.78. The molecule has 1 aliphatic rings. The largest absolute Gasteiger partial charge is 0.329 e. The average Bonchev–Trinajstić information content (AvgIpc) is 2.29. The van der Waals surface area contributed by atoms with E-state index in [1.165, 1.54) is 32.6 Å². The second-order valence-electron chi connectivity index (χ2n) is 6.38. The molecule has 1 heterocycles. The molecule has 0 amide bonds. The smallest absolute Gasteiger partial charge is 0.0244 e. The van der Waals surface area contributed by atoms with Gasteiger partial charge in [-0.3, -0.25) is 9.80 Å². The zero-order valence-corrected chi connectivity index (χ0v) is 12.4. The van der Waals surface area contributed by atoms with Gasteiger partial charge in [0.1, 0.15) is 0 Å². The molecule has 0 aromatic rings. The Bertz CT molecular complexity index is 214. The van der Waals surface area contributed by atoms with Gasteiger partial charge in [-0.05, 0) is 26.7 Å². The molecule has 3 heteroatoms. The first kappa shape index (κ1) is 14.9. The fourth-order valence-electron chi connectivity index (χ4n) is 2.74. The lowest BCUT2D eigenvalue weighted by Gasteiger charge is -2.45. The lowest BCUT2D eigenvalue weighted by molar-refractivity contribution is 0.0310. The minimum atomic E-state index is 0.306. The molecule has 0 saturated carbocycles. The van der Waals surface area contributed by atoms with Crippen LogP contribution in [0.5, 0.6) is 0 Å². The summed E-state index contributed by atoms with van der Waals surface area (Å²) in [6, 6.07) is 0.571. The van der Waals surface area contributed by atoms with Crippen molar-refractivity contribution < 1.29 is 0 Å². The molecule has 102 valence electrons. The molecule has 2 atom stereocenters. The van der Waals surface area contributed by atoms with E-state index >= 15 is 0 Å². The van der Waals surface area contributed by atoms with Crippen LogP contribution in [0.2, 0.25) is 0 Å². The molecule has 0 spiro atoms. The lowest BCUT2D eigenvalue weighted by Crippen LogP contribution is -2.57. The molecular weight excluding hydrogens is 210 g/mol. The van der Waals surface area contributed by atoms with Gasteiger partial charge in [0.05, 0.1) is 0 Å². The summed E-state index contributed by atoms with van der Waals surface area (Å²) in [6.07, 6.45) is 1.22. The highest BCUT2D eigenvalue weighted by Gasteiger charge is 2.30. The highest BCUT2D eigenvalue weighted by atomic mass is 15.3. The van der Waals surface area contributed by atoms with E-state index in [2.05, 4.69) is 44.4 Å². The highest BCUT2D eigenvalue weighted by Crippen LogP contribution is 2.20. The van der Waals surface area contributed by atoms with Crippen molar-refractivity contribution >= 4 is 0 Å². The Hall–Kier alpha value is -0.120. The Morgan fingerprint density at radius 2 is 1.65 bits per heavy atom. The first-order chi connectivity index (χ1) is 7.90. The summed E-state index contributed by atoms with van der Waals surface area (Å²) in [5, 5.41) is 0. The maximum absolute atomic E-state index is 5.95. The molecule has 0 bridgehead atoms. The highest BCUT2D eigenvalue weighted by molar-refractivity contribution is 4.86. The van der Waals surface area contributed by atoms with Crippen LogP contribution < -0.4 is 5.73 Å². The molecule has 1 fully saturated rings. The molecule has 2 unspecified atom stereocenters. The van der Waals surface area contributed by atoms with Gasteiger partial charge < -0.3 is 5.73 Å². The van der Waals surface area contributed by atoms with Crippen LogP contribution in [0.1, 0.15) is 41.0 Å². The maximum Gasteiger partial charge on any atom is 0.0244 e. The summed E-state index contributed by atoms with van der Waals surface area (Å²) < 4.78 is 0. The van der Waals surface area contributed by atoms with Crippen molar-refractivity contribution in [3.8, 4) is 0 Å². The number of nitrogens with zero attached hydrogens (tertiary/aromatic N) is 2. The van der Waals surface area contributed by atoms with Crippen LogP contribution in [0.25, 0.3) is 0 Å². The average molecular weight is 241 g/mol. The van der Waals surface area contributed by atoms with Crippen LogP contribution in [0, 0.1) is 5.92 Å². The molecule has 0 radical (unpaired) electrons. The SMILES string of the molecule is CCC(C)C(CN)N1CCN(C(C)(C)C)CC1. The van der Waals surface area contributed by atoms with Gasteiger partial charge in [-0.2, -0.15) is 0 Å². The van der Waals surface area contributed by atoms with Crippen LogP contribution in [-0.2, 0) is 0 Å². The van der Waals surface area contributed by atoms with Crippen LogP contribution in [-0.4, -0.2) is 54.1 Å². The molecule has 3 nitrogen and oxygen atoms in total. The number of hydrogen-bond donors (Lipinski definition) is 1. The summed E-state index contributed by atoms with van der Waals surface area (Å²) in [6.45, 7) is 17.0. The molecule has 1 saturated heterocycles. The Morgan fingerprint density at radius 3 is 2.00 bits per heavy atom. The van der Waals surface area contributed by atoms with Crippen LogP contribution >= 0.6 is 0 Å². The van der Waals surface area contributed by atoms with Crippen molar-refractivity contribution in [1.29, 1.82) is 0 Å². The standard InChI is InChI=1S/C14H31N3/c1-6-12(2)13(11-15)16-7-9-17(10-8-16)14(3,4)5/h12-13H,6-11,15H2,1-5H3. The normalized spacial score (nSPS) is 23.6. The van der Waals surface area contributed by atoms with Gasteiger partial charge in [0.25, 0.3) is 0 Å². The summed E-state index contributed by atoms with van der Waals surface area (Å²) >= 11 is 0. The van der Waals surface area contributed by atoms with Crippen molar-refractivity contribution in [3.63, 3.8) is 0 Å². The Kier molecular flexibility index (Phi) is 5.42. The van der Waals surface area contributed by atoms with Gasteiger partial charge >= 0.3 is 0 Å². The van der Waals surface area contributed by atoms with E-state index in [1.54, 1.807) is 0 Å². The second-order valence-corrected chi connectivity index (χ2v) is 6.38. The van der Waals surface area contributed by atoms with Gasteiger partial charge in [-0.1, -0.05) is 20.3 Å². The first-order valence-electron chi connectivity index (χ1n) is 7.09. The van der Waals surface area contributed by atoms with Crippen molar-refractivity contribution in [2.75, 3.05) is 32.7 Å². The first-order valence-corrected chi connectivity index (χ1v) is 7.09. The van der Waals surface area contributed by atoms with Crippen LogP contribution in [0.4, 0.5) is 0 Å². The number of nitrogens with two attached hydrogens (primary N) is 1. The van der Waals surface area contributed by atoms with Gasteiger partial charge in [0.15, 0.2) is 0 Å². The van der Waals surface area contributed by atoms with E-state index in [0.717, 1.165) is 6.54 Å². The molecule has 0 aromatic carbocycles. The zero-order valence-electron chi connectivity index (χ0n) is 12.4. The van der Waals surface area contributed by atoms with Crippen molar-refractivity contribution in [2.45, 2.75) is 52.6 Å². The summed E-state index contributed by atoms with van der Waals surface area (Å²) in [5.41, 5.74) is 6.25. The van der Waals surface area contributed by atoms with E-state index in [-0.39, 0.29) is 0 Å². The Morgan fingerprint density at radius 1 is 1.12 bits per heavy atom. The van der Waals surface area contributed by atoms with Gasteiger partial charge in [-0.25, -0.2) is 0 Å². The zero-order chi connectivity index (χ0) is 13.1. The van der Waals surface area contributed by atoms with Gasteiger partial charge in [-0.15, -0.1) is 0 Å². The summed E-state index contributed by atoms with van der Waals surface area (Å²) in [5.74, 6) is 0.709. The van der Waals surface area contributed by atoms with E-state index in [4.69, 9.17) is 5.73 Å². The quantitative estimate of drug-likeness (QED) is 0.814. The van der Waals surface area contributed by atoms with Crippen LogP contribution in [0.3, 0.4) is 0 Å². The Balaban J connectivity index is 2.50. The number of hydrogen-bond acceptors (Lipinski definition) is 3. The summed E-state index contributed by atoms with van der Waals surface area (Å²) in [4.78, 5) is 5.17. The van der Waals surface area contributed by atoms with E-state index in [0.29, 0.717) is 17.5 Å².